The number of carbonyl (C=O) groups excluding carboxylic acids is 1. The molecule has 0 heterocycles. The van der Waals surface area contributed by atoms with E-state index in [2.05, 4.69) is 19.4 Å². The summed E-state index contributed by atoms with van der Waals surface area (Å²) in [4.78, 5) is 11.4. The minimum absolute atomic E-state index is 0.00606. The number of quaternary nitrogens is 1. The average molecular weight is 308 g/mol. The normalized spacial score (nSPS) is 12.7. The van der Waals surface area contributed by atoms with E-state index in [0.29, 0.717) is 19.4 Å². The zero-order valence-electron chi connectivity index (χ0n) is 13.0. The molecular formula is C13H28N2O4S. The standard InChI is InChI=1S/C13H28N2O4S/c1-12(2)13(16)14-8-7-10-15(3,4)9-5-6-11-20(17,18)19/h12H,5-11H2,1-4H3,(H-,14,16,17,18,19). The quantitative estimate of drug-likeness (QED) is 0.363. The number of hydrogen-bond donors (Lipinski definition) is 1. The van der Waals surface area contributed by atoms with Crippen LogP contribution in [0.25, 0.3) is 0 Å². The van der Waals surface area contributed by atoms with E-state index in [4.69, 9.17) is 0 Å². The van der Waals surface area contributed by atoms with Crippen LogP contribution >= 0.6 is 0 Å². The third-order valence-electron chi connectivity index (χ3n) is 3.17. The number of nitrogens with zero attached hydrogens (tertiary/aromatic N) is 1. The van der Waals surface area contributed by atoms with Gasteiger partial charge < -0.3 is 14.4 Å². The molecule has 0 rings (SSSR count). The van der Waals surface area contributed by atoms with Crippen molar-refractivity contribution >= 4 is 16.0 Å². The van der Waals surface area contributed by atoms with Gasteiger partial charge in [-0.05, 0) is 12.8 Å². The fourth-order valence-electron chi connectivity index (χ4n) is 1.85. The van der Waals surface area contributed by atoms with Gasteiger partial charge in [-0.1, -0.05) is 13.8 Å². The number of unbranched alkanes of at least 4 members (excludes halogenated alkanes) is 1. The Bertz CT molecular complexity index is 391. The molecule has 0 aliphatic carbocycles. The first kappa shape index (κ1) is 19.3. The Morgan fingerprint density at radius 1 is 1.15 bits per heavy atom. The van der Waals surface area contributed by atoms with Crippen LogP contribution in [0.2, 0.25) is 0 Å². The lowest BCUT2D eigenvalue weighted by atomic mass is 10.2. The van der Waals surface area contributed by atoms with Crippen LogP contribution in [0.5, 0.6) is 0 Å². The summed E-state index contributed by atoms with van der Waals surface area (Å²) in [5.74, 6) is -0.209. The van der Waals surface area contributed by atoms with Crippen LogP contribution in [0.4, 0.5) is 0 Å². The summed E-state index contributed by atoms with van der Waals surface area (Å²) in [6.07, 6.45) is 2.01. The molecule has 0 saturated carbocycles. The van der Waals surface area contributed by atoms with E-state index < -0.39 is 10.1 Å². The monoisotopic (exact) mass is 308 g/mol. The van der Waals surface area contributed by atoms with Gasteiger partial charge in [0.05, 0.1) is 37.3 Å². The van der Waals surface area contributed by atoms with Gasteiger partial charge in [-0.2, -0.15) is 0 Å². The highest BCUT2D eigenvalue weighted by molar-refractivity contribution is 7.85. The molecular weight excluding hydrogens is 280 g/mol. The van der Waals surface area contributed by atoms with Crippen molar-refractivity contribution in [2.75, 3.05) is 39.5 Å². The minimum Gasteiger partial charge on any atom is -0.748 e. The summed E-state index contributed by atoms with van der Waals surface area (Å²) >= 11 is 0. The van der Waals surface area contributed by atoms with Crippen LogP contribution in [0.1, 0.15) is 33.1 Å². The van der Waals surface area contributed by atoms with Crippen molar-refractivity contribution in [1.82, 2.24) is 5.32 Å². The lowest BCUT2D eigenvalue weighted by molar-refractivity contribution is -0.890. The van der Waals surface area contributed by atoms with E-state index in [-0.39, 0.29) is 17.6 Å². The highest BCUT2D eigenvalue weighted by Crippen LogP contribution is 2.04. The average Bonchev–Trinajstić information content (AvgIpc) is 2.29. The van der Waals surface area contributed by atoms with Crippen molar-refractivity contribution in [3.05, 3.63) is 0 Å². The number of carbonyl (C=O) groups is 1. The molecule has 0 saturated heterocycles. The van der Waals surface area contributed by atoms with Crippen molar-refractivity contribution < 1.29 is 22.2 Å². The van der Waals surface area contributed by atoms with Crippen LogP contribution in [-0.4, -0.2) is 62.8 Å². The van der Waals surface area contributed by atoms with Crippen molar-refractivity contribution in [2.45, 2.75) is 33.1 Å². The van der Waals surface area contributed by atoms with Gasteiger partial charge in [0.25, 0.3) is 0 Å². The number of hydrogen-bond acceptors (Lipinski definition) is 4. The Hall–Kier alpha value is -0.660. The summed E-state index contributed by atoms with van der Waals surface area (Å²) < 4.78 is 32.2. The molecule has 1 N–H and O–H groups in total. The third kappa shape index (κ3) is 11.2. The molecule has 0 aliphatic rings. The van der Waals surface area contributed by atoms with Crippen LogP contribution in [0.15, 0.2) is 0 Å². The largest absolute Gasteiger partial charge is 0.748 e. The van der Waals surface area contributed by atoms with Crippen molar-refractivity contribution in [3.8, 4) is 0 Å². The molecule has 0 unspecified atom stereocenters. The molecule has 0 aromatic rings. The smallest absolute Gasteiger partial charge is 0.222 e. The summed E-state index contributed by atoms with van der Waals surface area (Å²) in [5.41, 5.74) is 0. The SMILES string of the molecule is CC(C)C(=O)NCCC[N+](C)(C)CCCCS(=O)(=O)[O-]. The highest BCUT2D eigenvalue weighted by Gasteiger charge is 2.14. The molecule has 1 amide bonds. The number of amides is 1. The molecule has 7 heteroatoms. The van der Waals surface area contributed by atoms with E-state index >= 15 is 0 Å². The van der Waals surface area contributed by atoms with Gasteiger partial charge in [0.2, 0.25) is 5.91 Å². The van der Waals surface area contributed by atoms with Crippen molar-refractivity contribution in [3.63, 3.8) is 0 Å². The maximum absolute atomic E-state index is 11.4. The summed E-state index contributed by atoms with van der Waals surface area (Å²) in [7, 11) is 0.0460. The lowest BCUT2D eigenvalue weighted by Crippen LogP contribution is -2.42. The molecule has 0 aromatic heterocycles. The van der Waals surface area contributed by atoms with Crippen LogP contribution < -0.4 is 5.32 Å². The fourth-order valence-corrected chi connectivity index (χ4v) is 2.41. The summed E-state index contributed by atoms with van der Waals surface area (Å²) in [6, 6.07) is 0. The number of rotatable bonds is 10. The van der Waals surface area contributed by atoms with Crippen LogP contribution in [0, 0.1) is 5.92 Å². The zero-order valence-corrected chi connectivity index (χ0v) is 13.8. The molecule has 0 radical (unpaired) electrons. The molecule has 0 spiro atoms. The molecule has 20 heavy (non-hydrogen) atoms. The number of nitrogens with one attached hydrogen (secondary N) is 1. The summed E-state index contributed by atoms with van der Waals surface area (Å²) in [5, 5.41) is 2.87. The first-order valence-corrected chi connectivity index (χ1v) is 8.64. The van der Waals surface area contributed by atoms with Gasteiger partial charge in [0.1, 0.15) is 0 Å². The van der Waals surface area contributed by atoms with Gasteiger partial charge in [-0.25, -0.2) is 8.42 Å². The second-order valence-corrected chi connectivity index (χ2v) is 7.67. The third-order valence-corrected chi connectivity index (χ3v) is 3.96. The van der Waals surface area contributed by atoms with Crippen molar-refractivity contribution in [1.29, 1.82) is 0 Å². The Balaban J connectivity index is 3.77. The molecule has 120 valence electrons. The van der Waals surface area contributed by atoms with E-state index in [1.54, 1.807) is 0 Å². The maximum Gasteiger partial charge on any atom is 0.222 e. The first-order valence-electron chi connectivity index (χ1n) is 7.07. The van der Waals surface area contributed by atoms with E-state index in [9.17, 15) is 17.8 Å². The fraction of sp³-hybridized carbons (Fsp3) is 0.923. The molecule has 0 fully saturated rings. The topological polar surface area (TPSA) is 86.3 Å². The Kier molecular flexibility index (Phi) is 8.30. The maximum atomic E-state index is 11.4. The van der Waals surface area contributed by atoms with Crippen molar-refractivity contribution in [2.24, 2.45) is 5.92 Å². The molecule has 0 bridgehead atoms. The zero-order chi connectivity index (χ0) is 15.8. The predicted octanol–water partition coefficient (Wildman–Crippen LogP) is 0.551. The van der Waals surface area contributed by atoms with E-state index in [0.717, 1.165) is 24.0 Å². The van der Waals surface area contributed by atoms with Crippen LogP contribution in [0.3, 0.4) is 0 Å². The Labute approximate surface area is 122 Å². The van der Waals surface area contributed by atoms with Gasteiger partial charge in [-0.3, -0.25) is 4.79 Å². The van der Waals surface area contributed by atoms with Gasteiger partial charge >= 0.3 is 0 Å². The lowest BCUT2D eigenvalue weighted by Gasteiger charge is -2.30. The van der Waals surface area contributed by atoms with Gasteiger partial charge in [0, 0.05) is 24.6 Å². The van der Waals surface area contributed by atoms with Crippen LogP contribution in [-0.2, 0) is 14.9 Å². The van der Waals surface area contributed by atoms with E-state index in [1.165, 1.54) is 0 Å². The summed E-state index contributed by atoms with van der Waals surface area (Å²) in [6.45, 7) is 6.11. The first-order chi connectivity index (χ1) is 9.03. The van der Waals surface area contributed by atoms with Gasteiger partial charge in [-0.15, -0.1) is 0 Å². The Morgan fingerprint density at radius 2 is 1.70 bits per heavy atom. The van der Waals surface area contributed by atoms with E-state index in [1.807, 2.05) is 13.8 Å². The van der Waals surface area contributed by atoms with Gasteiger partial charge in [0.15, 0.2) is 0 Å². The molecule has 0 aromatic carbocycles. The molecule has 0 atom stereocenters. The predicted molar refractivity (Wildman–Crippen MR) is 78.1 cm³/mol. The highest BCUT2D eigenvalue weighted by atomic mass is 32.2. The Morgan fingerprint density at radius 3 is 2.20 bits per heavy atom. The molecule has 6 nitrogen and oxygen atoms in total. The second-order valence-electron chi connectivity index (χ2n) is 6.15. The molecule has 0 aliphatic heterocycles. The second kappa shape index (κ2) is 8.59. The minimum atomic E-state index is -4.08.